The summed E-state index contributed by atoms with van der Waals surface area (Å²) in [6.45, 7) is 0. The zero-order chi connectivity index (χ0) is 39.3. The fourth-order valence-corrected chi connectivity index (χ4v) is 16.5. The summed E-state index contributed by atoms with van der Waals surface area (Å²) in [5.41, 5.74) is 4.95. The molecule has 10 heteroatoms. The minimum atomic E-state index is 1.23. The Morgan fingerprint density at radius 3 is 1.18 bits per heavy atom. The lowest BCUT2D eigenvalue weighted by Gasteiger charge is -2.07. The van der Waals surface area contributed by atoms with E-state index >= 15 is 0 Å². The highest BCUT2D eigenvalue weighted by Gasteiger charge is 2.23. The molecule has 60 heavy (non-hydrogen) atoms. The molecule has 0 aliphatic rings. The van der Waals surface area contributed by atoms with Gasteiger partial charge in [-0.25, -0.2) is 0 Å². The Balaban J connectivity index is 0.913. The Bertz CT molecular complexity index is 3680. The highest BCUT2D eigenvalue weighted by atomic mass is 32.1. The van der Waals surface area contributed by atoms with Crippen LogP contribution in [0, 0.1) is 0 Å². The van der Waals surface area contributed by atoms with E-state index in [9.17, 15) is 0 Å². The second kappa shape index (κ2) is 14.2. The number of benzene rings is 3. The predicted molar refractivity (Wildman–Crippen MR) is 271 cm³/mol. The van der Waals surface area contributed by atoms with Crippen LogP contribution in [0.1, 0.15) is 0 Å². The van der Waals surface area contributed by atoms with E-state index in [-0.39, 0.29) is 0 Å². The zero-order valence-electron chi connectivity index (χ0n) is 31.3. The van der Waals surface area contributed by atoms with Gasteiger partial charge in [0, 0.05) is 80.1 Å². The van der Waals surface area contributed by atoms with Crippen LogP contribution < -0.4 is 0 Å². The number of thiophene rings is 8. The molecule has 0 unspecified atom stereocenters. The molecule has 0 atom stereocenters. The molecule has 10 heterocycles. The molecule has 0 aliphatic carbocycles. The van der Waals surface area contributed by atoms with E-state index < -0.39 is 0 Å². The van der Waals surface area contributed by atoms with E-state index in [1.165, 1.54) is 112 Å². The highest BCUT2D eigenvalue weighted by Crippen LogP contribution is 2.48. The van der Waals surface area contributed by atoms with Crippen molar-refractivity contribution in [2.24, 2.45) is 0 Å². The third-order valence-corrected chi connectivity index (χ3v) is 20.4. The molecule has 0 amide bonds. The average molecular weight is 913 g/mol. The lowest BCUT2D eigenvalue weighted by molar-refractivity contribution is 1.22. The molecule has 0 saturated heterocycles. The zero-order valence-corrected chi connectivity index (χ0v) is 37.9. The van der Waals surface area contributed by atoms with Gasteiger partial charge in [0.05, 0.1) is 22.1 Å². The lowest BCUT2D eigenvalue weighted by atomic mass is 10.1. The normalized spacial score (nSPS) is 12.0. The SMILES string of the molecule is c1csc(-c2ccc(-c3ccc(-c4ccc(-n5c6ccccc6c6c5ccc5c7ccccc7n(-c7ccc(-c8ccc(-c9ccc(-c%10cccs%10)s9)s8)s7)c56)s4)s3)s2)c1. The van der Waals surface area contributed by atoms with Gasteiger partial charge in [-0.05, 0) is 114 Å². The number of hydrogen-bond donors (Lipinski definition) is 0. The molecule has 0 spiro atoms. The minimum Gasteiger partial charge on any atom is -0.301 e. The summed E-state index contributed by atoms with van der Waals surface area (Å²) in [7, 11) is 0. The average Bonchev–Trinajstić information content (AvgIpc) is 4.13. The van der Waals surface area contributed by atoms with Crippen molar-refractivity contribution in [3.8, 4) is 68.5 Å². The smallest absolute Gasteiger partial charge is 0.101 e. The summed E-state index contributed by atoms with van der Waals surface area (Å²) >= 11 is 14.9. The van der Waals surface area contributed by atoms with Gasteiger partial charge in [-0.1, -0.05) is 54.6 Å². The Morgan fingerprint density at radius 2 is 0.683 bits per heavy atom. The van der Waals surface area contributed by atoms with Crippen LogP contribution in [0.15, 0.2) is 168 Å². The van der Waals surface area contributed by atoms with Crippen LogP contribution >= 0.6 is 90.7 Å². The number of rotatable bonds is 8. The maximum absolute atomic E-state index is 2.53. The molecule has 3 aromatic carbocycles. The van der Waals surface area contributed by atoms with Crippen LogP contribution in [0.3, 0.4) is 0 Å². The lowest BCUT2D eigenvalue weighted by Crippen LogP contribution is -1.92. The number of nitrogens with zero attached hydrogens (tertiary/aromatic N) is 2. The summed E-state index contributed by atoms with van der Waals surface area (Å²) in [6.07, 6.45) is 0. The molecule has 0 fully saturated rings. The number of aromatic nitrogens is 2. The summed E-state index contributed by atoms with van der Waals surface area (Å²) in [5, 5.41) is 11.9. The van der Waals surface area contributed by atoms with E-state index in [2.05, 4.69) is 178 Å². The Morgan fingerprint density at radius 1 is 0.267 bits per heavy atom. The Labute approximate surface area is 377 Å². The van der Waals surface area contributed by atoms with Crippen LogP contribution in [0.4, 0.5) is 0 Å². The van der Waals surface area contributed by atoms with E-state index in [0.29, 0.717) is 0 Å². The fourth-order valence-electron chi connectivity index (χ4n) is 8.38. The van der Waals surface area contributed by atoms with Crippen molar-refractivity contribution in [3.63, 3.8) is 0 Å². The van der Waals surface area contributed by atoms with Gasteiger partial charge in [0.25, 0.3) is 0 Å². The summed E-state index contributed by atoms with van der Waals surface area (Å²) in [6, 6.07) is 58.8. The van der Waals surface area contributed by atoms with Gasteiger partial charge >= 0.3 is 0 Å². The van der Waals surface area contributed by atoms with E-state index in [1.807, 2.05) is 68.0 Å². The third kappa shape index (κ3) is 5.70. The van der Waals surface area contributed by atoms with Crippen molar-refractivity contribution >= 4 is 134 Å². The molecule has 10 aromatic heterocycles. The number of hydrogen-bond acceptors (Lipinski definition) is 8. The van der Waals surface area contributed by atoms with Crippen LogP contribution in [0.2, 0.25) is 0 Å². The first-order valence-corrected chi connectivity index (χ1v) is 26.0. The molecule has 13 aromatic rings. The first-order valence-electron chi connectivity index (χ1n) is 19.4. The van der Waals surface area contributed by atoms with Gasteiger partial charge in [0.15, 0.2) is 0 Å². The van der Waals surface area contributed by atoms with Crippen molar-refractivity contribution in [1.29, 1.82) is 0 Å². The second-order valence-electron chi connectivity index (χ2n) is 14.4. The Hall–Kier alpha value is -5.14. The summed E-state index contributed by atoms with van der Waals surface area (Å²) in [5.74, 6) is 0. The first-order chi connectivity index (χ1) is 29.7. The van der Waals surface area contributed by atoms with E-state index in [0.717, 1.165) is 0 Å². The summed E-state index contributed by atoms with van der Waals surface area (Å²) in [4.78, 5) is 15.8. The van der Waals surface area contributed by atoms with Crippen LogP contribution in [0.25, 0.3) is 112 Å². The molecule has 0 saturated carbocycles. The highest BCUT2D eigenvalue weighted by molar-refractivity contribution is 7.29. The van der Waals surface area contributed by atoms with Crippen LogP contribution in [-0.4, -0.2) is 9.13 Å². The molecular formula is C50H28N2S8. The van der Waals surface area contributed by atoms with Gasteiger partial charge in [-0.2, -0.15) is 0 Å². The third-order valence-electron chi connectivity index (χ3n) is 11.0. The van der Waals surface area contributed by atoms with Crippen molar-refractivity contribution in [1.82, 2.24) is 9.13 Å². The van der Waals surface area contributed by atoms with E-state index in [4.69, 9.17) is 0 Å². The molecule has 286 valence electrons. The standard InChI is InChI=1S/C50H28N2S8/c1-3-9-32-29(7-1)30-13-14-34-49(50(30)52(32)48-26-24-46(60-48)44-22-20-42(58-44)40-18-16-38(56-40)36-12-6-28-54-36)31-8-2-4-10-33(31)51(34)47-25-23-45(59-47)43-21-19-41(57-43)39-17-15-37(55-39)35-11-5-27-53-35/h1-28H. The number of para-hydroxylation sites is 2. The van der Waals surface area contributed by atoms with Crippen molar-refractivity contribution in [2.75, 3.05) is 0 Å². The largest absolute Gasteiger partial charge is 0.301 e. The van der Waals surface area contributed by atoms with Crippen molar-refractivity contribution in [3.05, 3.63) is 168 Å². The molecule has 13 rings (SSSR count). The topological polar surface area (TPSA) is 9.86 Å². The summed E-state index contributed by atoms with van der Waals surface area (Å²) < 4.78 is 5.02. The molecule has 0 radical (unpaired) electrons. The first kappa shape index (κ1) is 35.6. The van der Waals surface area contributed by atoms with Gasteiger partial charge < -0.3 is 4.57 Å². The van der Waals surface area contributed by atoms with Gasteiger partial charge in [-0.3, -0.25) is 4.57 Å². The van der Waals surface area contributed by atoms with Crippen molar-refractivity contribution in [2.45, 2.75) is 0 Å². The van der Waals surface area contributed by atoms with Crippen LogP contribution in [-0.2, 0) is 0 Å². The van der Waals surface area contributed by atoms with Crippen LogP contribution in [0.5, 0.6) is 0 Å². The molecule has 2 nitrogen and oxygen atoms in total. The molecule has 0 bridgehead atoms. The van der Waals surface area contributed by atoms with E-state index in [1.54, 1.807) is 22.7 Å². The molecule has 0 N–H and O–H groups in total. The monoisotopic (exact) mass is 912 g/mol. The second-order valence-corrected chi connectivity index (χ2v) is 22.8. The quantitative estimate of drug-likeness (QED) is 0.144. The van der Waals surface area contributed by atoms with Gasteiger partial charge in [0.1, 0.15) is 10.0 Å². The maximum Gasteiger partial charge on any atom is 0.101 e. The van der Waals surface area contributed by atoms with Gasteiger partial charge in [-0.15, -0.1) is 90.7 Å². The minimum absolute atomic E-state index is 1.23. The van der Waals surface area contributed by atoms with Gasteiger partial charge in [0.2, 0.25) is 0 Å². The Kier molecular flexibility index (Phi) is 8.44. The molecule has 0 aliphatic heterocycles. The number of fused-ring (bicyclic) bond motifs is 7. The molecular weight excluding hydrogens is 885 g/mol. The maximum atomic E-state index is 2.53. The fraction of sp³-hybridized carbons (Fsp3) is 0. The predicted octanol–water partition coefficient (Wildman–Crippen LogP) is 18.4. The van der Waals surface area contributed by atoms with Crippen molar-refractivity contribution < 1.29 is 0 Å².